The molecule has 0 aliphatic heterocycles. The van der Waals surface area contributed by atoms with Crippen molar-refractivity contribution in [2.75, 3.05) is 0 Å². The molecule has 2 aromatic heterocycles. The molecule has 0 aliphatic carbocycles. The molecule has 0 saturated carbocycles. The first-order valence-electron chi connectivity index (χ1n) is 11.4. The van der Waals surface area contributed by atoms with Crippen LogP contribution in [0.5, 0.6) is 0 Å². The van der Waals surface area contributed by atoms with Crippen molar-refractivity contribution in [3.8, 4) is 11.3 Å². The lowest BCUT2D eigenvalue weighted by Crippen LogP contribution is -2.39. The molecule has 0 radical (unpaired) electrons. The van der Waals surface area contributed by atoms with Gasteiger partial charge in [-0.05, 0) is 68.5 Å². The van der Waals surface area contributed by atoms with Crippen molar-refractivity contribution in [1.29, 1.82) is 0 Å². The van der Waals surface area contributed by atoms with Crippen LogP contribution in [0.2, 0.25) is 5.02 Å². The lowest BCUT2D eigenvalue weighted by Gasteiger charge is -2.26. The zero-order chi connectivity index (χ0) is 27.2. The van der Waals surface area contributed by atoms with E-state index in [2.05, 4.69) is 9.71 Å². The maximum Gasteiger partial charge on any atom is 0.421 e. The van der Waals surface area contributed by atoms with Crippen LogP contribution in [0.1, 0.15) is 49.7 Å². The highest BCUT2D eigenvalue weighted by molar-refractivity contribution is 7.84. The van der Waals surface area contributed by atoms with Crippen LogP contribution in [0.15, 0.2) is 66.9 Å². The molecule has 2 N–H and O–H groups in total. The standard InChI is InChI=1S/C27H26ClF3N2O2S2/c1-25(2,3)37(35)33-23(18-9-5-6-11-20(18)28)22-14-16-8-7-10-19(24(16)36-22)21-15-17(12-13-32-21)26(4,34)27(29,30)31/h5-15,23,33-34H,1-4H3/t23?,26-,37?/m1/s1. The molecule has 0 fully saturated rings. The summed E-state index contributed by atoms with van der Waals surface area (Å²) in [6.45, 7) is 6.34. The van der Waals surface area contributed by atoms with E-state index in [1.807, 2.05) is 51.1 Å². The third kappa shape index (κ3) is 5.61. The Morgan fingerprint density at radius 1 is 1.03 bits per heavy atom. The van der Waals surface area contributed by atoms with Crippen LogP contribution in [-0.4, -0.2) is 25.2 Å². The first kappa shape index (κ1) is 27.7. The van der Waals surface area contributed by atoms with Crippen molar-refractivity contribution >= 4 is 44.0 Å². The maximum atomic E-state index is 13.5. The Balaban J connectivity index is 1.84. The summed E-state index contributed by atoms with van der Waals surface area (Å²) < 4.78 is 57.0. The summed E-state index contributed by atoms with van der Waals surface area (Å²) in [5, 5.41) is 11.6. The van der Waals surface area contributed by atoms with E-state index < -0.39 is 33.6 Å². The number of halogens is 4. The van der Waals surface area contributed by atoms with Gasteiger partial charge in [0.15, 0.2) is 5.60 Å². The van der Waals surface area contributed by atoms with Gasteiger partial charge in [0.2, 0.25) is 0 Å². The molecule has 2 unspecified atom stereocenters. The summed E-state index contributed by atoms with van der Waals surface area (Å²) in [5.41, 5.74) is -1.62. The van der Waals surface area contributed by atoms with E-state index in [-0.39, 0.29) is 5.56 Å². The van der Waals surface area contributed by atoms with Gasteiger partial charge in [-0.3, -0.25) is 4.98 Å². The van der Waals surface area contributed by atoms with Crippen molar-refractivity contribution in [2.45, 2.75) is 50.3 Å². The molecule has 4 nitrogen and oxygen atoms in total. The highest BCUT2D eigenvalue weighted by Crippen LogP contribution is 2.42. The van der Waals surface area contributed by atoms with Crippen LogP contribution < -0.4 is 4.72 Å². The van der Waals surface area contributed by atoms with E-state index in [9.17, 15) is 22.5 Å². The molecule has 0 amide bonds. The van der Waals surface area contributed by atoms with Gasteiger partial charge in [-0.1, -0.05) is 48.0 Å². The lowest BCUT2D eigenvalue weighted by molar-refractivity contribution is -0.258. The second-order valence-electron chi connectivity index (χ2n) is 9.83. The fourth-order valence-corrected chi connectivity index (χ4v) is 6.13. The first-order valence-corrected chi connectivity index (χ1v) is 13.8. The SMILES string of the molecule is CC(C)(C)S(=O)NC(c1cc2cccc(-c3cc([C@@](C)(O)C(F)(F)F)ccn3)c2s1)c1ccccc1Cl. The van der Waals surface area contributed by atoms with Crippen molar-refractivity contribution < 1.29 is 22.5 Å². The van der Waals surface area contributed by atoms with E-state index >= 15 is 0 Å². The van der Waals surface area contributed by atoms with Gasteiger partial charge in [0.05, 0.1) is 27.5 Å². The monoisotopic (exact) mass is 566 g/mol. The number of nitrogens with zero attached hydrogens (tertiary/aromatic N) is 1. The predicted molar refractivity (Wildman–Crippen MR) is 145 cm³/mol. The predicted octanol–water partition coefficient (Wildman–Crippen LogP) is 7.53. The molecule has 196 valence electrons. The van der Waals surface area contributed by atoms with E-state index in [1.54, 1.807) is 18.2 Å². The Labute approximate surface area is 225 Å². The summed E-state index contributed by atoms with van der Waals surface area (Å²) >= 11 is 7.95. The van der Waals surface area contributed by atoms with Crippen LogP contribution in [0, 0.1) is 0 Å². The number of hydrogen-bond acceptors (Lipinski definition) is 4. The number of pyridine rings is 1. The highest BCUT2D eigenvalue weighted by atomic mass is 35.5. The lowest BCUT2D eigenvalue weighted by atomic mass is 9.94. The van der Waals surface area contributed by atoms with Crippen molar-refractivity contribution in [2.24, 2.45) is 0 Å². The van der Waals surface area contributed by atoms with Crippen molar-refractivity contribution in [3.05, 3.63) is 87.9 Å². The van der Waals surface area contributed by atoms with Gasteiger partial charge in [-0.2, -0.15) is 13.2 Å². The second kappa shape index (κ2) is 10.1. The minimum atomic E-state index is -4.84. The number of rotatable bonds is 6. The summed E-state index contributed by atoms with van der Waals surface area (Å²) in [6.07, 6.45) is -3.58. The number of aromatic nitrogens is 1. The minimum Gasteiger partial charge on any atom is -0.376 e. The summed E-state index contributed by atoms with van der Waals surface area (Å²) in [5.74, 6) is 0. The van der Waals surface area contributed by atoms with E-state index in [0.717, 1.165) is 33.5 Å². The topological polar surface area (TPSA) is 62.2 Å². The largest absolute Gasteiger partial charge is 0.421 e. The fraction of sp³-hybridized carbons (Fsp3) is 0.296. The van der Waals surface area contributed by atoms with Gasteiger partial charge in [-0.15, -0.1) is 11.3 Å². The van der Waals surface area contributed by atoms with E-state index in [0.29, 0.717) is 16.3 Å². The molecular weight excluding hydrogens is 541 g/mol. The third-order valence-electron chi connectivity index (χ3n) is 5.99. The number of benzene rings is 2. The summed E-state index contributed by atoms with van der Waals surface area (Å²) in [6, 6.07) is 16.7. The Kier molecular flexibility index (Phi) is 7.58. The summed E-state index contributed by atoms with van der Waals surface area (Å²) in [7, 11) is -1.41. The molecule has 0 saturated heterocycles. The number of alkyl halides is 3. The Hall–Kier alpha value is -2.30. The fourth-order valence-electron chi connectivity index (χ4n) is 3.74. The Bertz CT molecular complexity index is 1460. The van der Waals surface area contributed by atoms with Crippen LogP contribution in [0.3, 0.4) is 0 Å². The van der Waals surface area contributed by atoms with Gasteiger partial charge in [0.1, 0.15) is 0 Å². The molecule has 2 aromatic carbocycles. The zero-order valence-electron chi connectivity index (χ0n) is 20.6. The van der Waals surface area contributed by atoms with Crippen molar-refractivity contribution in [3.63, 3.8) is 0 Å². The number of hydrogen-bond donors (Lipinski definition) is 2. The number of fused-ring (bicyclic) bond motifs is 1. The van der Waals surface area contributed by atoms with Crippen LogP contribution in [0.4, 0.5) is 13.2 Å². The maximum absolute atomic E-state index is 13.5. The molecule has 0 spiro atoms. The summed E-state index contributed by atoms with van der Waals surface area (Å²) in [4.78, 5) is 5.14. The first-order chi connectivity index (χ1) is 17.2. The van der Waals surface area contributed by atoms with Gasteiger partial charge < -0.3 is 5.11 Å². The molecular formula is C27H26ClF3N2O2S2. The number of nitrogens with one attached hydrogen (secondary N) is 1. The van der Waals surface area contributed by atoms with Gasteiger partial charge >= 0.3 is 6.18 Å². The molecule has 3 atom stereocenters. The zero-order valence-corrected chi connectivity index (χ0v) is 22.9. The van der Waals surface area contributed by atoms with Crippen LogP contribution in [-0.2, 0) is 16.6 Å². The molecule has 4 rings (SSSR count). The Morgan fingerprint density at radius 2 is 1.73 bits per heavy atom. The van der Waals surface area contributed by atoms with E-state index in [4.69, 9.17) is 11.6 Å². The minimum absolute atomic E-state index is 0.296. The molecule has 10 heteroatoms. The number of thiophene rings is 1. The average molecular weight is 567 g/mol. The molecule has 0 bridgehead atoms. The average Bonchev–Trinajstić information content (AvgIpc) is 3.26. The highest BCUT2D eigenvalue weighted by Gasteiger charge is 2.51. The van der Waals surface area contributed by atoms with Gasteiger partial charge in [0.25, 0.3) is 0 Å². The smallest absolute Gasteiger partial charge is 0.376 e. The van der Waals surface area contributed by atoms with Crippen LogP contribution in [0.25, 0.3) is 21.3 Å². The normalized spacial score (nSPS) is 15.9. The third-order valence-corrected chi connectivity index (χ3v) is 9.15. The molecule has 0 aliphatic rings. The van der Waals surface area contributed by atoms with Crippen LogP contribution >= 0.6 is 22.9 Å². The Morgan fingerprint density at radius 3 is 2.38 bits per heavy atom. The van der Waals surface area contributed by atoms with E-state index in [1.165, 1.54) is 23.6 Å². The van der Waals surface area contributed by atoms with Gasteiger partial charge in [-0.25, -0.2) is 8.93 Å². The molecule has 4 aromatic rings. The van der Waals surface area contributed by atoms with Gasteiger partial charge in [0, 0.05) is 26.4 Å². The molecule has 2 heterocycles. The quantitative estimate of drug-likeness (QED) is 0.254. The number of aliphatic hydroxyl groups is 1. The second-order valence-corrected chi connectivity index (χ2v) is 13.3. The van der Waals surface area contributed by atoms with Crippen molar-refractivity contribution in [1.82, 2.24) is 9.71 Å². The molecule has 37 heavy (non-hydrogen) atoms.